The SMILES string of the molecule is C[NH+]1CCC2(CC1)Oc1ccccc1[C@H]1[C@@H]3CCc4ccccc4C3=NN12. The van der Waals surface area contributed by atoms with Gasteiger partial charge in [0.1, 0.15) is 5.75 Å². The number of fused-ring (bicyclic) bond motifs is 8. The maximum absolute atomic E-state index is 6.72. The smallest absolute Gasteiger partial charge is 0.208 e. The van der Waals surface area contributed by atoms with Crippen LogP contribution in [-0.4, -0.2) is 36.6 Å². The molecule has 2 aromatic rings. The second kappa shape index (κ2) is 5.59. The fourth-order valence-electron chi connectivity index (χ4n) is 5.58. The van der Waals surface area contributed by atoms with E-state index in [-0.39, 0.29) is 5.72 Å². The lowest BCUT2D eigenvalue weighted by atomic mass is 9.76. The largest absolute Gasteiger partial charge is 0.466 e. The first kappa shape index (κ1) is 15.7. The number of hydrogen-bond donors (Lipinski definition) is 1. The third-order valence-corrected chi connectivity index (χ3v) is 7.07. The first-order valence-corrected chi connectivity index (χ1v) is 10.3. The normalized spacial score (nSPS) is 33.4. The lowest BCUT2D eigenvalue weighted by Crippen LogP contribution is -3.11. The average Bonchev–Trinajstić information content (AvgIpc) is 3.12. The van der Waals surface area contributed by atoms with E-state index in [1.54, 1.807) is 4.90 Å². The maximum atomic E-state index is 6.72. The summed E-state index contributed by atoms with van der Waals surface area (Å²) in [5, 5.41) is 7.67. The molecule has 4 aliphatic rings. The molecule has 0 amide bonds. The van der Waals surface area contributed by atoms with Crippen molar-refractivity contribution >= 4 is 5.71 Å². The van der Waals surface area contributed by atoms with Gasteiger partial charge in [-0.2, -0.15) is 5.10 Å². The van der Waals surface area contributed by atoms with Gasteiger partial charge in [-0.05, 0) is 24.5 Å². The van der Waals surface area contributed by atoms with Crippen LogP contribution in [0.4, 0.5) is 0 Å². The van der Waals surface area contributed by atoms with E-state index in [1.807, 2.05) is 0 Å². The highest BCUT2D eigenvalue weighted by molar-refractivity contribution is 6.05. The molecule has 138 valence electrons. The van der Waals surface area contributed by atoms with E-state index < -0.39 is 0 Å². The number of benzene rings is 2. The zero-order valence-electron chi connectivity index (χ0n) is 15.8. The van der Waals surface area contributed by atoms with Gasteiger partial charge in [0.05, 0.1) is 44.7 Å². The Hall–Kier alpha value is -2.33. The van der Waals surface area contributed by atoms with Crippen LogP contribution in [0.1, 0.15) is 42.0 Å². The summed E-state index contributed by atoms with van der Waals surface area (Å²) < 4.78 is 6.72. The van der Waals surface area contributed by atoms with Gasteiger partial charge in [0.15, 0.2) is 0 Å². The molecule has 1 fully saturated rings. The molecule has 0 aromatic heterocycles. The molecule has 1 spiro atoms. The Morgan fingerprint density at radius 3 is 2.74 bits per heavy atom. The van der Waals surface area contributed by atoms with E-state index in [1.165, 1.54) is 28.8 Å². The van der Waals surface area contributed by atoms with Crippen LogP contribution in [0.2, 0.25) is 0 Å². The molecule has 1 saturated heterocycles. The molecular weight excluding hydrogens is 334 g/mol. The number of likely N-dealkylation sites (tertiary alicyclic amines) is 1. The van der Waals surface area contributed by atoms with E-state index in [9.17, 15) is 0 Å². The van der Waals surface area contributed by atoms with Gasteiger partial charge in [0.2, 0.25) is 5.72 Å². The summed E-state index contributed by atoms with van der Waals surface area (Å²) in [5.74, 6) is 1.54. The Morgan fingerprint density at radius 2 is 1.85 bits per heavy atom. The van der Waals surface area contributed by atoms with Crippen molar-refractivity contribution in [1.29, 1.82) is 0 Å². The predicted octanol–water partition coefficient (Wildman–Crippen LogP) is 2.41. The van der Waals surface area contributed by atoms with Crippen molar-refractivity contribution in [2.75, 3.05) is 20.1 Å². The Labute approximate surface area is 160 Å². The van der Waals surface area contributed by atoms with Crippen molar-refractivity contribution in [1.82, 2.24) is 5.01 Å². The minimum Gasteiger partial charge on any atom is -0.466 e. The fraction of sp³-hybridized carbons (Fsp3) is 0.435. The standard InChI is InChI=1S/C23H25N3O/c1-25-14-12-23(13-15-25)26-22(18-8-4-5-9-20(18)27-23)19-11-10-16-6-2-3-7-17(16)21(19)24-26/h2-9,19,22H,10-15H2,1H3/p+1/t19-,22+/m1/s1. The van der Waals surface area contributed by atoms with Gasteiger partial charge in [-0.3, -0.25) is 0 Å². The molecule has 27 heavy (non-hydrogen) atoms. The zero-order chi connectivity index (χ0) is 18.0. The van der Waals surface area contributed by atoms with Crippen LogP contribution < -0.4 is 9.64 Å². The van der Waals surface area contributed by atoms with Gasteiger partial charge >= 0.3 is 0 Å². The number of hydrogen-bond acceptors (Lipinski definition) is 3. The summed E-state index contributed by atoms with van der Waals surface area (Å²) in [4.78, 5) is 1.59. The number of aryl methyl sites for hydroxylation is 1. The summed E-state index contributed by atoms with van der Waals surface area (Å²) in [6.45, 7) is 2.27. The molecule has 0 saturated carbocycles. The Morgan fingerprint density at radius 1 is 1.07 bits per heavy atom. The topological polar surface area (TPSA) is 29.3 Å². The maximum Gasteiger partial charge on any atom is 0.208 e. The number of para-hydroxylation sites is 1. The number of nitrogens with zero attached hydrogens (tertiary/aromatic N) is 2. The highest BCUT2D eigenvalue weighted by atomic mass is 16.5. The molecule has 0 bridgehead atoms. The number of ether oxygens (including phenoxy) is 1. The van der Waals surface area contributed by atoms with Crippen LogP contribution in [0.25, 0.3) is 0 Å². The van der Waals surface area contributed by atoms with Crippen molar-refractivity contribution in [2.24, 2.45) is 11.0 Å². The third-order valence-electron chi connectivity index (χ3n) is 7.07. The second-order valence-electron chi connectivity index (χ2n) is 8.62. The van der Waals surface area contributed by atoms with E-state index in [0.29, 0.717) is 12.0 Å². The summed E-state index contributed by atoms with van der Waals surface area (Å²) in [5.41, 5.74) is 5.13. The van der Waals surface area contributed by atoms with Crippen molar-refractivity contribution in [3.05, 3.63) is 65.2 Å². The van der Waals surface area contributed by atoms with E-state index in [0.717, 1.165) is 38.1 Å². The highest BCUT2D eigenvalue weighted by Gasteiger charge is 2.56. The predicted molar refractivity (Wildman–Crippen MR) is 105 cm³/mol. The Bertz CT molecular complexity index is 929. The molecular formula is C23H26N3O+. The van der Waals surface area contributed by atoms with Crippen molar-refractivity contribution < 1.29 is 9.64 Å². The highest BCUT2D eigenvalue weighted by Crippen LogP contribution is 2.53. The lowest BCUT2D eigenvalue weighted by molar-refractivity contribution is -0.888. The van der Waals surface area contributed by atoms with Gasteiger partial charge in [-0.25, -0.2) is 5.01 Å². The van der Waals surface area contributed by atoms with Gasteiger partial charge in [-0.15, -0.1) is 0 Å². The summed E-state index contributed by atoms with van der Waals surface area (Å²) in [7, 11) is 2.28. The van der Waals surface area contributed by atoms with Crippen molar-refractivity contribution in [3.8, 4) is 5.75 Å². The van der Waals surface area contributed by atoms with Gasteiger partial charge in [0.25, 0.3) is 0 Å². The molecule has 0 unspecified atom stereocenters. The van der Waals surface area contributed by atoms with Crippen LogP contribution in [0.15, 0.2) is 53.6 Å². The number of nitrogens with one attached hydrogen (secondary N) is 1. The van der Waals surface area contributed by atoms with Crippen LogP contribution in [0, 0.1) is 5.92 Å². The van der Waals surface area contributed by atoms with Crippen molar-refractivity contribution in [2.45, 2.75) is 37.5 Å². The second-order valence-corrected chi connectivity index (χ2v) is 8.62. The van der Waals surface area contributed by atoms with E-state index in [4.69, 9.17) is 9.84 Å². The molecule has 2 atom stereocenters. The quantitative estimate of drug-likeness (QED) is 0.782. The summed E-state index contributed by atoms with van der Waals surface area (Å²) in [6.07, 6.45) is 4.39. The molecule has 1 aliphatic carbocycles. The van der Waals surface area contributed by atoms with Gasteiger partial charge < -0.3 is 9.64 Å². The van der Waals surface area contributed by atoms with Crippen LogP contribution in [0.5, 0.6) is 5.75 Å². The molecule has 2 aromatic carbocycles. The summed E-state index contributed by atoms with van der Waals surface area (Å²) >= 11 is 0. The van der Waals surface area contributed by atoms with Gasteiger partial charge in [0, 0.05) is 17.0 Å². The van der Waals surface area contributed by atoms with E-state index in [2.05, 4.69) is 60.6 Å². The molecule has 3 aliphatic heterocycles. The fourth-order valence-corrected chi connectivity index (χ4v) is 5.58. The summed E-state index contributed by atoms with van der Waals surface area (Å²) in [6, 6.07) is 17.8. The lowest BCUT2D eigenvalue weighted by Gasteiger charge is -2.50. The minimum absolute atomic E-state index is 0.280. The van der Waals surface area contributed by atoms with Gasteiger partial charge in [-0.1, -0.05) is 42.5 Å². The number of rotatable bonds is 0. The third kappa shape index (κ3) is 2.16. The molecule has 4 heteroatoms. The number of piperidine rings is 1. The first-order valence-electron chi connectivity index (χ1n) is 10.3. The van der Waals surface area contributed by atoms with Crippen molar-refractivity contribution in [3.63, 3.8) is 0 Å². The Balaban J connectivity index is 1.51. The van der Waals surface area contributed by atoms with Crippen LogP contribution >= 0.6 is 0 Å². The first-order chi connectivity index (χ1) is 13.3. The zero-order valence-corrected chi connectivity index (χ0v) is 15.8. The molecule has 1 N–H and O–H groups in total. The van der Waals surface area contributed by atoms with Crippen LogP contribution in [-0.2, 0) is 6.42 Å². The average molecular weight is 360 g/mol. The Kier molecular flexibility index (Phi) is 3.25. The van der Waals surface area contributed by atoms with E-state index >= 15 is 0 Å². The minimum atomic E-state index is -0.280. The monoisotopic (exact) mass is 360 g/mol. The molecule has 4 nitrogen and oxygen atoms in total. The molecule has 3 heterocycles. The number of hydrazone groups is 1. The van der Waals surface area contributed by atoms with Crippen LogP contribution in [0.3, 0.4) is 0 Å². The molecule has 6 rings (SSSR count). The number of quaternary nitrogens is 1. The molecule has 0 radical (unpaired) electrons.